The van der Waals surface area contributed by atoms with Gasteiger partial charge in [-0.1, -0.05) is 79.7 Å². The number of sulfone groups is 1. The molecule has 4 N–H and O–H groups in total. The lowest BCUT2D eigenvalue weighted by molar-refractivity contribution is -0.145. The summed E-state index contributed by atoms with van der Waals surface area (Å²) in [7, 11) is -3.38. The first-order valence-corrected chi connectivity index (χ1v) is 19.0. The van der Waals surface area contributed by atoms with E-state index in [0.29, 0.717) is 25.8 Å². The topological polar surface area (TPSA) is 171 Å². The Morgan fingerprint density at radius 3 is 2.21 bits per heavy atom. The Labute approximate surface area is 279 Å². The fourth-order valence-electron chi connectivity index (χ4n) is 7.68. The number of hydrogen-bond acceptors (Lipinski definition) is 7. The SMILES string of the molecule is C=CCNC(=O)C(=O)C(CC1CC1)NC(=O)[C@@H]1C2C(CN1C(=O)[C@@H](NC(=O)NC1(CS(=O)(=O)CC)CCCCC1)C(C)(C)C)C2(C)C. The fourth-order valence-corrected chi connectivity index (χ4v) is 9.09. The second kappa shape index (κ2) is 13.9. The van der Waals surface area contributed by atoms with Crippen molar-refractivity contribution in [2.45, 2.75) is 117 Å². The first-order chi connectivity index (χ1) is 21.9. The molecule has 3 aliphatic carbocycles. The molecule has 47 heavy (non-hydrogen) atoms. The quantitative estimate of drug-likeness (QED) is 0.162. The van der Waals surface area contributed by atoms with Gasteiger partial charge >= 0.3 is 6.03 Å². The average molecular weight is 678 g/mol. The third-order valence-electron chi connectivity index (χ3n) is 10.8. The molecule has 1 aliphatic heterocycles. The van der Waals surface area contributed by atoms with Crippen LogP contribution in [-0.4, -0.2) is 91.1 Å². The molecule has 0 aromatic carbocycles. The zero-order valence-corrected chi connectivity index (χ0v) is 29.8. The van der Waals surface area contributed by atoms with Gasteiger partial charge in [0.05, 0.1) is 17.3 Å². The molecule has 1 saturated heterocycles. The van der Waals surface area contributed by atoms with E-state index in [1.165, 1.54) is 11.0 Å². The van der Waals surface area contributed by atoms with Crippen LogP contribution in [0.3, 0.4) is 0 Å². The van der Waals surface area contributed by atoms with Crippen molar-refractivity contribution in [2.75, 3.05) is 24.6 Å². The molecule has 1 heterocycles. The van der Waals surface area contributed by atoms with Gasteiger partial charge in [-0.25, -0.2) is 13.2 Å². The molecule has 0 radical (unpaired) electrons. The van der Waals surface area contributed by atoms with E-state index in [0.717, 1.165) is 32.1 Å². The van der Waals surface area contributed by atoms with E-state index >= 15 is 0 Å². The number of fused-ring (bicyclic) bond motifs is 1. The molecule has 13 heteroatoms. The normalized spacial score (nSPS) is 25.8. The van der Waals surface area contributed by atoms with E-state index in [1.807, 2.05) is 20.8 Å². The number of carbonyl (C=O) groups excluding carboxylic acids is 5. The molecule has 0 spiro atoms. The van der Waals surface area contributed by atoms with Gasteiger partial charge in [-0.2, -0.15) is 0 Å². The van der Waals surface area contributed by atoms with E-state index in [2.05, 4.69) is 41.7 Å². The van der Waals surface area contributed by atoms with Gasteiger partial charge in [0.1, 0.15) is 12.1 Å². The highest BCUT2D eigenvalue weighted by Crippen LogP contribution is 2.65. The summed E-state index contributed by atoms with van der Waals surface area (Å²) in [6.07, 6.45) is 7.29. The number of nitrogens with one attached hydrogen (secondary N) is 4. The molecule has 3 unspecified atom stereocenters. The van der Waals surface area contributed by atoms with Crippen molar-refractivity contribution >= 4 is 39.4 Å². The van der Waals surface area contributed by atoms with Gasteiger partial charge in [0.25, 0.3) is 5.91 Å². The molecule has 0 aromatic rings. The number of rotatable bonds is 14. The second-order valence-corrected chi connectivity index (χ2v) is 18.3. The minimum Gasteiger partial charge on any atom is -0.346 e. The van der Waals surface area contributed by atoms with Gasteiger partial charge in [0.15, 0.2) is 9.84 Å². The Kier molecular flexibility index (Phi) is 10.9. The summed E-state index contributed by atoms with van der Waals surface area (Å²) in [4.78, 5) is 69.2. The third-order valence-corrected chi connectivity index (χ3v) is 12.7. The molecule has 5 atom stereocenters. The molecule has 0 bridgehead atoms. The first kappa shape index (κ1) is 36.9. The second-order valence-electron chi connectivity index (χ2n) is 15.9. The van der Waals surface area contributed by atoms with Crippen molar-refractivity contribution in [1.29, 1.82) is 0 Å². The monoisotopic (exact) mass is 677 g/mol. The Balaban J connectivity index is 1.54. The molecular weight excluding hydrogens is 622 g/mol. The summed E-state index contributed by atoms with van der Waals surface area (Å²) in [6.45, 7) is 15.2. The van der Waals surface area contributed by atoms with E-state index < -0.39 is 68.5 Å². The maximum absolute atomic E-state index is 14.4. The molecule has 4 aliphatic rings. The number of carbonyl (C=O) groups is 5. The van der Waals surface area contributed by atoms with Crippen molar-refractivity contribution < 1.29 is 32.4 Å². The van der Waals surface area contributed by atoms with Crippen LogP contribution in [0, 0.1) is 28.6 Å². The molecule has 12 nitrogen and oxygen atoms in total. The number of Topliss-reactive ketones (excluding diaryl/α,β-unsaturated/α-hetero) is 1. The number of piperidine rings is 1. The molecule has 3 saturated carbocycles. The zero-order chi connectivity index (χ0) is 34.9. The average Bonchev–Trinajstić information content (AvgIpc) is 3.84. The Morgan fingerprint density at radius 2 is 1.66 bits per heavy atom. The number of nitrogens with zero attached hydrogens (tertiary/aromatic N) is 1. The van der Waals surface area contributed by atoms with Crippen LogP contribution in [-0.2, 0) is 29.0 Å². The van der Waals surface area contributed by atoms with Gasteiger partial charge < -0.3 is 26.2 Å². The van der Waals surface area contributed by atoms with E-state index in [9.17, 15) is 32.4 Å². The van der Waals surface area contributed by atoms with Crippen LogP contribution < -0.4 is 21.3 Å². The maximum Gasteiger partial charge on any atom is 0.315 e. The fraction of sp³-hybridized carbons (Fsp3) is 0.794. The van der Waals surface area contributed by atoms with Gasteiger partial charge in [0.2, 0.25) is 17.6 Å². The number of amides is 5. The summed E-state index contributed by atoms with van der Waals surface area (Å²) < 4.78 is 25.3. The number of ketones is 1. The first-order valence-electron chi connectivity index (χ1n) is 17.2. The van der Waals surface area contributed by atoms with Crippen LogP contribution in [0.25, 0.3) is 0 Å². The largest absolute Gasteiger partial charge is 0.346 e. The molecule has 4 rings (SSSR count). The Hall–Kier alpha value is -2.96. The number of urea groups is 1. The van der Waals surface area contributed by atoms with Gasteiger partial charge in [-0.15, -0.1) is 6.58 Å². The van der Waals surface area contributed by atoms with E-state index in [1.54, 1.807) is 6.92 Å². The lowest BCUT2D eigenvalue weighted by Crippen LogP contribution is -2.64. The highest BCUT2D eigenvalue weighted by Gasteiger charge is 2.70. The Bertz CT molecular complexity index is 1360. The maximum atomic E-state index is 14.4. The zero-order valence-electron chi connectivity index (χ0n) is 28.9. The predicted molar refractivity (Wildman–Crippen MR) is 179 cm³/mol. The predicted octanol–water partition coefficient (Wildman–Crippen LogP) is 2.48. The highest BCUT2D eigenvalue weighted by molar-refractivity contribution is 7.91. The van der Waals surface area contributed by atoms with Crippen molar-refractivity contribution in [3.8, 4) is 0 Å². The number of hydrogen-bond donors (Lipinski definition) is 4. The molecular formula is C34H55N5O7S. The minimum absolute atomic E-state index is 0.0230. The van der Waals surface area contributed by atoms with Gasteiger partial charge in [0, 0.05) is 18.8 Å². The standard InChI is InChI=1S/C34H55N5O7S/c1-8-17-35-29(42)26(40)23(18-21-13-14-21)36-28(41)25-24-22(33(24,6)7)19-39(25)30(43)27(32(3,4)5)37-31(44)38-34(15-11-10-12-16-34)20-47(45,46)9-2/h8,21-25,27H,1,9-20H2,2-7H3,(H,35,42)(H,36,41)(H2,37,38,44)/t22?,23?,24?,25-,27+/m0/s1. The summed E-state index contributed by atoms with van der Waals surface area (Å²) in [5.41, 5.74) is -1.86. The van der Waals surface area contributed by atoms with Crippen LogP contribution in [0.2, 0.25) is 0 Å². The van der Waals surface area contributed by atoms with Crippen LogP contribution in [0.5, 0.6) is 0 Å². The van der Waals surface area contributed by atoms with Crippen LogP contribution in [0.15, 0.2) is 12.7 Å². The van der Waals surface area contributed by atoms with Crippen molar-refractivity contribution in [2.24, 2.45) is 28.6 Å². The summed E-state index contributed by atoms with van der Waals surface area (Å²) >= 11 is 0. The minimum atomic E-state index is -3.38. The summed E-state index contributed by atoms with van der Waals surface area (Å²) in [5.74, 6) is -2.41. The van der Waals surface area contributed by atoms with E-state index in [4.69, 9.17) is 0 Å². The lowest BCUT2D eigenvalue weighted by atomic mass is 9.83. The van der Waals surface area contributed by atoms with Gasteiger partial charge in [-0.3, -0.25) is 19.2 Å². The van der Waals surface area contributed by atoms with Crippen LogP contribution >= 0.6 is 0 Å². The van der Waals surface area contributed by atoms with Crippen molar-refractivity contribution in [3.63, 3.8) is 0 Å². The van der Waals surface area contributed by atoms with E-state index in [-0.39, 0.29) is 41.2 Å². The third kappa shape index (κ3) is 8.56. The summed E-state index contributed by atoms with van der Waals surface area (Å²) in [5, 5.41) is 11.2. The Morgan fingerprint density at radius 1 is 1.02 bits per heavy atom. The van der Waals surface area contributed by atoms with Crippen molar-refractivity contribution in [3.05, 3.63) is 12.7 Å². The molecule has 4 fully saturated rings. The molecule has 5 amide bonds. The smallest absolute Gasteiger partial charge is 0.315 e. The highest BCUT2D eigenvalue weighted by atomic mass is 32.2. The van der Waals surface area contributed by atoms with Crippen molar-refractivity contribution in [1.82, 2.24) is 26.2 Å². The molecule has 0 aromatic heterocycles. The summed E-state index contributed by atoms with van der Waals surface area (Å²) in [6, 6.07) is -3.51. The number of likely N-dealkylation sites (tertiary alicyclic amines) is 1. The van der Waals surface area contributed by atoms with Crippen LogP contribution in [0.1, 0.15) is 92.9 Å². The lowest BCUT2D eigenvalue weighted by Gasteiger charge is -2.40. The van der Waals surface area contributed by atoms with Gasteiger partial charge in [-0.05, 0) is 47.8 Å². The van der Waals surface area contributed by atoms with Crippen LogP contribution in [0.4, 0.5) is 4.79 Å². The molecule has 264 valence electrons.